The lowest BCUT2D eigenvalue weighted by Crippen LogP contribution is -2.63. The number of rotatable bonds is 3. The molecule has 2 unspecified atom stereocenters. The Morgan fingerprint density at radius 2 is 1.94 bits per heavy atom. The van der Waals surface area contributed by atoms with Crippen molar-refractivity contribution in [2.75, 3.05) is 7.11 Å². The van der Waals surface area contributed by atoms with Crippen molar-refractivity contribution < 1.29 is 4.74 Å². The van der Waals surface area contributed by atoms with Crippen LogP contribution in [0.3, 0.4) is 0 Å². The van der Waals surface area contributed by atoms with E-state index >= 15 is 0 Å². The Kier molecular flexibility index (Phi) is 5.72. The number of nitrogens with one attached hydrogen (secondary N) is 1. The first-order valence-electron chi connectivity index (χ1n) is 5.88. The molecule has 0 bridgehead atoms. The zero-order valence-electron chi connectivity index (χ0n) is 11.7. The smallest absolute Gasteiger partial charge is 0.189 e. The van der Waals surface area contributed by atoms with Gasteiger partial charge in [-0.15, -0.1) is 24.0 Å². The molecule has 0 heterocycles. The van der Waals surface area contributed by atoms with E-state index in [2.05, 4.69) is 31.1 Å². The number of guanidine groups is 1. The standard InChI is InChI=1S/C12H25N3O.HI/c1-8(2)14-10(13)15-9-7-12(5,16-6)11(9,3)4;/h8-9H,7H2,1-6H3,(H3,13,14,15);1H. The molecular weight excluding hydrogens is 329 g/mol. The van der Waals surface area contributed by atoms with Gasteiger partial charge in [0, 0.05) is 18.6 Å². The summed E-state index contributed by atoms with van der Waals surface area (Å²) in [6.07, 6.45) is 0.928. The molecule has 5 heteroatoms. The molecule has 1 aliphatic rings. The maximum Gasteiger partial charge on any atom is 0.189 e. The van der Waals surface area contributed by atoms with Crippen LogP contribution < -0.4 is 11.1 Å². The number of hydrogen-bond acceptors (Lipinski definition) is 2. The zero-order chi connectivity index (χ0) is 12.6. The van der Waals surface area contributed by atoms with Gasteiger partial charge in [0.1, 0.15) is 0 Å². The van der Waals surface area contributed by atoms with Gasteiger partial charge in [-0.3, -0.25) is 0 Å². The summed E-state index contributed by atoms with van der Waals surface area (Å²) >= 11 is 0. The van der Waals surface area contributed by atoms with Gasteiger partial charge >= 0.3 is 0 Å². The van der Waals surface area contributed by atoms with Gasteiger partial charge in [0.25, 0.3) is 0 Å². The number of halogens is 1. The second kappa shape index (κ2) is 5.73. The van der Waals surface area contributed by atoms with Crippen LogP contribution in [0.1, 0.15) is 41.0 Å². The molecule has 1 saturated carbocycles. The summed E-state index contributed by atoms with van der Waals surface area (Å²) < 4.78 is 5.55. The fraction of sp³-hybridized carbons (Fsp3) is 0.917. The Labute approximate surface area is 122 Å². The van der Waals surface area contributed by atoms with E-state index in [0.717, 1.165) is 6.42 Å². The van der Waals surface area contributed by atoms with Crippen molar-refractivity contribution >= 4 is 29.9 Å². The van der Waals surface area contributed by atoms with E-state index in [1.165, 1.54) is 0 Å². The van der Waals surface area contributed by atoms with E-state index in [1.807, 2.05) is 13.8 Å². The highest BCUT2D eigenvalue weighted by molar-refractivity contribution is 14.0. The van der Waals surface area contributed by atoms with Crippen LogP contribution >= 0.6 is 24.0 Å². The van der Waals surface area contributed by atoms with Gasteiger partial charge in [0.15, 0.2) is 5.96 Å². The van der Waals surface area contributed by atoms with Gasteiger partial charge < -0.3 is 15.8 Å². The van der Waals surface area contributed by atoms with Crippen LogP contribution in [0.4, 0.5) is 0 Å². The molecule has 1 aliphatic carbocycles. The molecule has 0 amide bonds. The van der Waals surface area contributed by atoms with Crippen molar-refractivity contribution in [1.29, 1.82) is 0 Å². The SMILES string of the molecule is COC1(C)CC(N=C(N)NC(C)C)C1(C)C.I. The lowest BCUT2D eigenvalue weighted by Gasteiger charge is -2.57. The van der Waals surface area contributed by atoms with Crippen molar-refractivity contribution in [3.63, 3.8) is 0 Å². The summed E-state index contributed by atoms with van der Waals surface area (Å²) in [6.45, 7) is 10.6. The van der Waals surface area contributed by atoms with Crippen molar-refractivity contribution in [3.8, 4) is 0 Å². The second-order valence-electron chi connectivity index (χ2n) is 5.69. The quantitative estimate of drug-likeness (QED) is 0.463. The molecule has 2 atom stereocenters. The topological polar surface area (TPSA) is 59.6 Å². The van der Waals surface area contributed by atoms with Gasteiger partial charge in [-0.25, -0.2) is 4.99 Å². The third kappa shape index (κ3) is 3.24. The zero-order valence-corrected chi connectivity index (χ0v) is 14.0. The van der Waals surface area contributed by atoms with E-state index in [4.69, 9.17) is 10.5 Å². The number of hydrogen-bond donors (Lipinski definition) is 2. The van der Waals surface area contributed by atoms with Gasteiger partial charge in [0.2, 0.25) is 0 Å². The maximum absolute atomic E-state index is 5.83. The summed E-state index contributed by atoms with van der Waals surface area (Å²) in [5.41, 5.74) is 5.78. The molecule has 0 saturated heterocycles. The van der Waals surface area contributed by atoms with Crippen LogP contribution in [-0.4, -0.2) is 30.8 Å². The Morgan fingerprint density at radius 3 is 2.29 bits per heavy atom. The molecule has 0 aliphatic heterocycles. The van der Waals surface area contributed by atoms with Crippen LogP contribution in [0.5, 0.6) is 0 Å². The van der Waals surface area contributed by atoms with Gasteiger partial charge in [-0.1, -0.05) is 13.8 Å². The molecule has 0 aromatic heterocycles. The largest absolute Gasteiger partial charge is 0.378 e. The average molecular weight is 355 g/mol. The molecule has 3 N–H and O–H groups in total. The molecular formula is C12H26IN3O. The normalized spacial score (nSPS) is 31.7. The lowest BCUT2D eigenvalue weighted by molar-refractivity contribution is -0.171. The van der Waals surface area contributed by atoms with Crippen molar-refractivity contribution in [2.24, 2.45) is 16.1 Å². The van der Waals surface area contributed by atoms with Crippen LogP contribution in [0.25, 0.3) is 0 Å². The fourth-order valence-corrected chi connectivity index (χ4v) is 2.16. The third-order valence-corrected chi connectivity index (χ3v) is 3.96. The average Bonchev–Trinajstić information content (AvgIpc) is 2.15. The molecule has 0 aromatic rings. The minimum absolute atomic E-state index is 0. The summed E-state index contributed by atoms with van der Waals surface area (Å²) in [5.74, 6) is 0.534. The number of methoxy groups -OCH3 is 1. The molecule has 17 heavy (non-hydrogen) atoms. The predicted molar refractivity (Wildman–Crippen MR) is 82.9 cm³/mol. The lowest BCUT2D eigenvalue weighted by atomic mass is 9.56. The minimum atomic E-state index is -0.0841. The van der Waals surface area contributed by atoms with Crippen LogP contribution in [0.2, 0.25) is 0 Å². The minimum Gasteiger partial charge on any atom is -0.378 e. The molecule has 102 valence electrons. The molecule has 4 nitrogen and oxygen atoms in total. The first kappa shape index (κ1) is 17.0. The van der Waals surface area contributed by atoms with E-state index in [0.29, 0.717) is 12.0 Å². The highest BCUT2D eigenvalue weighted by Gasteiger charge is 2.58. The Hall–Kier alpha value is -0.0400. The molecule has 0 aromatic carbocycles. The van der Waals surface area contributed by atoms with Crippen LogP contribution in [0.15, 0.2) is 4.99 Å². The van der Waals surface area contributed by atoms with Gasteiger partial charge in [0.05, 0.1) is 11.6 Å². The fourth-order valence-electron chi connectivity index (χ4n) is 2.16. The van der Waals surface area contributed by atoms with Gasteiger partial charge in [-0.2, -0.15) is 0 Å². The first-order chi connectivity index (χ1) is 7.23. The van der Waals surface area contributed by atoms with Crippen molar-refractivity contribution in [1.82, 2.24) is 5.32 Å². The predicted octanol–water partition coefficient (Wildman–Crippen LogP) is 2.12. The number of ether oxygens (including phenoxy) is 1. The van der Waals surface area contributed by atoms with Gasteiger partial charge in [-0.05, 0) is 27.2 Å². The molecule has 1 fully saturated rings. The summed E-state index contributed by atoms with van der Waals surface area (Å²) in [7, 11) is 1.76. The Balaban J connectivity index is 0.00000256. The number of nitrogens with two attached hydrogens (primary N) is 1. The second-order valence-corrected chi connectivity index (χ2v) is 5.69. The van der Waals surface area contributed by atoms with Crippen LogP contribution in [-0.2, 0) is 4.74 Å². The summed E-state index contributed by atoms with van der Waals surface area (Å²) in [4.78, 5) is 4.52. The van der Waals surface area contributed by atoms with E-state index in [9.17, 15) is 0 Å². The van der Waals surface area contributed by atoms with Crippen LogP contribution in [0, 0.1) is 5.41 Å². The number of aliphatic imine (C=N–C) groups is 1. The monoisotopic (exact) mass is 355 g/mol. The van der Waals surface area contributed by atoms with Crippen molar-refractivity contribution in [3.05, 3.63) is 0 Å². The van der Waals surface area contributed by atoms with Crippen molar-refractivity contribution in [2.45, 2.75) is 58.7 Å². The molecule has 0 spiro atoms. The summed E-state index contributed by atoms with van der Waals surface area (Å²) in [5, 5.41) is 3.11. The Bertz CT molecular complexity index is 291. The number of nitrogens with zero attached hydrogens (tertiary/aromatic N) is 1. The van der Waals surface area contributed by atoms with E-state index in [-0.39, 0.29) is 41.0 Å². The molecule has 0 radical (unpaired) electrons. The highest BCUT2D eigenvalue weighted by atomic mass is 127. The first-order valence-corrected chi connectivity index (χ1v) is 5.88. The molecule has 1 rings (SSSR count). The summed E-state index contributed by atoms with van der Waals surface area (Å²) in [6, 6.07) is 0.560. The van der Waals surface area contributed by atoms with E-state index in [1.54, 1.807) is 7.11 Å². The third-order valence-electron chi connectivity index (χ3n) is 3.96. The Morgan fingerprint density at radius 1 is 1.41 bits per heavy atom. The maximum atomic E-state index is 5.83. The highest BCUT2D eigenvalue weighted by Crippen LogP contribution is 2.53. The van der Waals surface area contributed by atoms with E-state index < -0.39 is 0 Å².